The van der Waals surface area contributed by atoms with Crippen LogP contribution < -0.4 is 4.90 Å². The maximum absolute atomic E-state index is 13.4. The second-order valence-electron chi connectivity index (χ2n) is 8.09. The Kier molecular flexibility index (Phi) is 5.58. The molecule has 32 heavy (non-hydrogen) atoms. The van der Waals surface area contributed by atoms with Crippen molar-refractivity contribution in [2.45, 2.75) is 12.8 Å². The van der Waals surface area contributed by atoms with Gasteiger partial charge in [0.1, 0.15) is 11.6 Å². The molecule has 1 aliphatic rings. The summed E-state index contributed by atoms with van der Waals surface area (Å²) in [6, 6.07) is 20.5. The first kappa shape index (κ1) is 20.2. The van der Waals surface area contributed by atoms with Gasteiger partial charge in [0.05, 0.1) is 0 Å². The van der Waals surface area contributed by atoms with E-state index < -0.39 is 0 Å². The lowest BCUT2D eigenvalue weighted by Gasteiger charge is -2.35. The third-order valence-electron chi connectivity index (χ3n) is 6.14. The number of benzene rings is 2. The SMILES string of the molecule is O=C(CCc1c(-c2ccc(F)cc2)[nH]c2ccccc12)N1CCN(c2ccccn2)CC1. The molecule has 3 heterocycles. The van der Waals surface area contributed by atoms with Gasteiger partial charge in [-0.15, -0.1) is 0 Å². The van der Waals surface area contributed by atoms with E-state index in [1.165, 1.54) is 12.1 Å². The Bertz CT molecular complexity index is 1210. The number of nitrogens with zero attached hydrogens (tertiary/aromatic N) is 3. The van der Waals surface area contributed by atoms with Gasteiger partial charge in [0.2, 0.25) is 5.91 Å². The van der Waals surface area contributed by atoms with Crippen LogP contribution in [0.5, 0.6) is 0 Å². The van der Waals surface area contributed by atoms with Crippen LogP contribution in [0.15, 0.2) is 72.9 Å². The molecule has 5 nitrogen and oxygen atoms in total. The van der Waals surface area contributed by atoms with Crippen molar-refractivity contribution in [2.75, 3.05) is 31.1 Å². The van der Waals surface area contributed by atoms with Crippen LogP contribution in [0.3, 0.4) is 0 Å². The fraction of sp³-hybridized carbons (Fsp3) is 0.231. The van der Waals surface area contributed by atoms with Gasteiger partial charge in [0, 0.05) is 55.4 Å². The second-order valence-corrected chi connectivity index (χ2v) is 8.09. The molecule has 1 fully saturated rings. The van der Waals surface area contributed by atoms with Crippen LogP contribution in [0.4, 0.5) is 10.2 Å². The number of fused-ring (bicyclic) bond motifs is 1. The van der Waals surface area contributed by atoms with Crippen molar-refractivity contribution in [1.29, 1.82) is 0 Å². The Hall–Kier alpha value is -3.67. The van der Waals surface area contributed by atoms with Gasteiger partial charge in [-0.3, -0.25) is 4.79 Å². The van der Waals surface area contributed by atoms with E-state index in [-0.39, 0.29) is 11.7 Å². The molecule has 2 aromatic carbocycles. The predicted molar refractivity (Wildman–Crippen MR) is 125 cm³/mol. The summed E-state index contributed by atoms with van der Waals surface area (Å²) in [6.45, 7) is 2.98. The number of halogens is 1. The summed E-state index contributed by atoms with van der Waals surface area (Å²) in [6.07, 6.45) is 2.88. The Morgan fingerprint density at radius 2 is 1.69 bits per heavy atom. The minimum absolute atomic E-state index is 0.168. The molecular formula is C26H25FN4O. The lowest BCUT2D eigenvalue weighted by Crippen LogP contribution is -2.49. The number of hydrogen-bond acceptors (Lipinski definition) is 3. The maximum atomic E-state index is 13.4. The first-order valence-electron chi connectivity index (χ1n) is 11.0. The van der Waals surface area contributed by atoms with Gasteiger partial charge < -0.3 is 14.8 Å². The summed E-state index contributed by atoms with van der Waals surface area (Å²) in [5.74, 6) is 0.870. The number of hydrogen-bond donors (Lipinski definition) is 1. The Labute approximate surface area is 186 Å². The lowest BCUT2D eigenvalue weighted by molar-refractivity contribution is -0.131. The number of piperazine rings is 1. The summed E-state index contributed by atoms with van der Waals surface area (Å²) in [5, 5.41) is 1.11. The molecular weight excluding hydrogens is 403 g/mol. The number of aromatic amines is 1. The summed E-state index contributed by atoms with van der Waals surface area (Å²) in [7, 11) is 0. The van der Waals surface area contributed by atoms with E-state index in [0.29, 0.717) is 25.9 Å². The van der Waals surface area contributed by atoms with E-state index in [9.17, 15) is 9.18 Å². The Balaban J connectivity index is 1.29. The van der Waals surface area contributed by atoms with E-state index in [1.54, 1.807) is 18.3 Å². The smallest absolute Gasteiger partial charge is 0.223 e. The minimum atomic E-state index is -0.258. The van der Waals surface area contributed by atoms with Crippen LogP contribution in [0.1, 0.15) is 12.0 Å². The van der Waals surface area contributed by atoms with Gasteiger partial charge in [0.15, 0.2) is 0 Å². The van der Waals surface area contributed by atoms with Crippen LogP contribution in [0.25, 0.3) is 22.2 Å². The van der Waals surface area contributed by atoms with Crippen molar-refractivity contribution >= 4 is 22.6 Å². The van der Waals surface area contributed by atoms with E-state index in [0.717, 1.165) is 46.6 Å². The molecule has 162 valence electrons. The largest absolute Gasteiger partial charge is 0.354 e. The number of aryl methyl sites for hydroxylation is 1. The number of pyridine rings is 1. The van der Waals surface area contributed by atoms with Crippen molar-refractivity contribution in [2.24, 2.45) is 0 Å². The quantitative estimate of drug-likeness (QED) is 0.503. The highest BCUT2D eigenvalue weighted by Crippen LogP contribution is 2.31. The Morgan fingerprint density at radius 1 is 0.938 bits per heavy atom. The molecule has 1 N–H and O–H groups in total. The normalized spacial score (nSPS) is 14.2. The number of carbonyl (C=O) groups excluding carboxylic acids is 1. The third kappa shape index (κ3) is 4.08. The van der Waals surface area contributed by atoms with Crippen molar-refractivity contribution < 1.29 is 9.18 Å². The first-order valence-corrected chi connectivity index (χ1v) is 11.0. The van der Waals surface area contributed by atoms with Crippen molar-refractivity contribution in [3.63, 3.8) is 0 Å². The number of anilines is 1. The number of rotatable bonds is 5. The molecule has 1 aliphatic heterocycles. The molecule has 6 heteroatoms. The predicted octanol–water partition coefficient (Wildman–Crippen LogP) is 4.65. The Morgan fingerprint density at radius 3 is 2.44 bits per heavy atom. The van der Waals surface area contributed by atoms with Crippen LogP contribution in [-0.4, -0.2) is 47.0 Å². The van der Waals surface area contributed by atoms with Crippen LogP contribution in [0, 0.1) is 5.82 Å². The third-order valence-corrected chi connectivity index (χ3v) is 6.14. The highest BCUT2D eigenvalue weighted by Gasteiger charge is 2.22. The zero-order valence-electron chi connectivity index (χ0n) is 17.8. The molecule has 0 atom stereocenters. The molecule has 0 spiro atoms. The number of aromatic nitrogens is 2. The molecule has 5 rings (SSSR count). The molecule has 0 unspecified atom stereocenters. The fourth-order valence-corrected chi connectivity index (χ4v) is 4.44. The highest BCUT2D eigenvalue weighted by atomic mass is 19.1. The molecule has 0 aliphatic carbocycles. The summed E-state index contributed by atoms with van der Waals surface area (Å²) >= 11 is 0. The molecule has 4 aromatic rings. The minimum Gasteiger partial charge on any atom is -0.354 e. The molecule has 2 aromatic heterocycles. The number of H-pyrrole nitrogens is 1. The van der Waals surface area contributed by atoms with Gasteiger partial charge in [-0.1, -0.05) is 24.3 Å². The van der Waals surface area contributed by atoms with Crippen LogP contribution >= 0.6 is 0 Å². The van der Waals surface area contributed by atoms with Crippen LogP contribution in [0.2, 0.25) is 0 Å². The molecule has 0 bridgehead atoms. The highest BCUT2D eigenvalue weighted by molar-refractivity contribution is 5.91. The zero-order valence-corrected chi connectivity index (χ0v) is 17.8. The molecule has 1 amide bonds. The van der Waals surface area contributed by atoms with Crippen molar-refractivity contribution in [3.05, 3.63) is 84.3 Å². The van der Waals surface area contributed by atoms with Crippen LogP contribution in [-0.2, 0) is 11.2 Å². The van der Waals surface area contributed by atoms with E-state index >= 15 is 0 Å². The van der Waals surface area contributed by atoms with E-state index in [2.05, 4.69) is 20.9 Å². The fourth-order valence-electron chi connectivity index (χ4n) is 4.44. The number of amides is 1. The van der Waals surface area contributed by atoms with E-state index in [1.807, 2.05) is 41.3 Å². The maximum Gasteiger partial charge on any atom is 0.223 e. The standard InChI is InChI=1S/C26H25FN4O/c27-20-10-8-19(9-11-20)26-22(21-5-1-2-6-23(21)29-26)12-13-25(32)31-17-15-30(16-18-31)24-7-3-4-14-28-24/h1-11,14,29H,12-13,15-18H2. The van der Waals surface area contributed by atoms with Gasteiger partial charge in [-0.25, -0.2) is 9.37 Å². The van der Waals surface area contributed by atoms with Gasteiger partial charge in [-0.2, -0.15) is 0 Å². The molecule has 0 radical (unpaired) electrons. The van der Waals surface area contributed by atoms with E-state index in [4.69, 9.17) is 0 Å². The monoisotopic (exact) mass is 428 g/mol. The van der Waals surface area contributed by atoms with Gasteiger partial charge in [-0.05, 0) is 60.0 Å². The lowest BCUT2D eigenvalue weighted by atomic mass is 10.0. The zero-order chi connectivity index (χ0) is 21.9. The topological polar surface area (TPSA) is 52.2 Å². The molecule has 1 saturated heterocycles. The summed E-state index contributed by atoms with van der Waals surface area (Å²) in [4.78, 5) is 25.0. The number of para-hydroxylation sites is 1. The van der Waals surface area contributed by atoms with Gasteiger partial charge in [0.25, 0.3) is 0 Å². The molecule has 0 saturated carbocycles. The number of carbonyl (C=O) groups is 1. The second kappa shape index (κ2) is 8.83. The average Bonchev–Trinajstić information content (AvgIpc) is 3.22. The summed E-state index contributed by atoms with van der Waals surface area (Å²) in [5.41, 5.74) is 4.01. The first-order chi connectivity index (χ1) is 15.7. The van der Waals surface area contributed by atoms with Crippen molar-refractivity contribution in [1.82, 2.24) is 14.9 Å². The van der Waals surface area contributed by atoms with Gasteiger partial charge >= 0.3 is 0 Å². The average molecular weight is 429 g/mol. The summed E-state index contributed by atoms with van der Waals surface area (Å²) < 4.78 is 13.4. The van der Waals surface area contributed by atoms with Crippen molar-refractivity contribution in [3.8, 4) is 11.3 Å². The number of nitrogens with one attached hydrogen (secondary N) is 1.